The van der Waals surface area contributed by atoms with Crippen molar-refractivity contribution in [2.75, 3.05) is 37.6 Å². The van der Waals surface area contributed by atoms with Gasteiger partial charge in [0.05, 0.1) is 4.92 Å². The van der Waals surface area contributed by atoms with E-state index in [-0.39, 0.29) is 22.1 Å². The molecule has 7 nitrogen and oxygen atoms in total. The molecule has 0 atom stereocenters. The summed E-state index contributed by atoms with van der Waals surface area (Å²) in [7, 11) is 0. The maximum absolute atomic E-state index is 12.6. The number of nitrogens with zero attached hydrogens (tertiary/aromatic N) is 3. The SMILES string of the molecule is CC(C)(CNC(=O)c1ccc(N2CCCC2)c([N+](=O)[O-])c1)N1CCCCC1. The number of piperidine rings is 1. The standard InChI is InChI=1S/C20H30N4O3/c1-20(2,23-12-4-3-5-13-23)15-21-19(25)16-8-9-17(18(14-16)24(26)27)22-10-6-7-11-22/h8-9,14H,3-7,10-13,15H2,1-2H3,(H,21,25). The first-order valence-corrected chi connectivity index (χ1v) is 9.95. The van der Waals surface area contributed by atoms with Gasteiger partial charge in [0.2, 0.25) is 0 Å². The lowest BCUT2D eigenvalue weighted by Gasteiger charge is -2.41. The molecule has 0 unspecified atom stereocenters. The molecule has 2 saturated heterocycles. The minimum absolute atomic E-state index is 0.0137. The largest absolute Gasteiger partial charge is 0.366 e. The van der Waals surface area contributed by atoms with Crippen LogP contribution in [0.4, 0.5) is 11.4 Å². The Labute approximate surface area is 160 Å². The quantitative estimate of drug-likeness (QED) is 0.611. The fourth-order valence-corrected chi connectivity index (χ4v) is 4.05. The first-order chi connectivity index (χ1) is 12.9. The molecule has 1 aromatic carbocycles. The van der Waals surface area contributed by atoms with Crippen molar-refractivity contribution in [3.63, 3.8) is 0 Å². The number of carbonyl (C=O) groups is 1. The number of carbonyl (C=O) groups excluding carboxylic acids is 1. The zero-order valence-corrected chi connectivity index (χ0v) is 16.4. The first-order valence-electron chi connectivity index (χ1n) is 9.95. The van der Waals surface area contributed by atoms with Gasteiger partial charge in [0.25, 0.3) is 11.6 Å². The van der Waals surface area contributed by atoms with Crippen molar-refractivity contribution in [2.45, 2.75) is 51.5 Å². The van der Waals surface area contributed by atoms with E-state index in [1.165, 1.54) is 25.3 Å². The molecule has 3 rings (SSSR count). The molecule has 0 saturated carbocycles. The van der Waals surface area contributed by atoms with Crippen molar-refractivity contribution >= 4 is 17.3 Å². The van der Waals surface area contributed by atoms with Gasteiger partial charge in [0.15, 0.2) is 0 Å². The highest BCUT2D eigenvalue weighted by Gasteiger charge is 2.29. The van der Waals surface area contributed by atoms with E-state index in [2.05, 4.69) is 24.1 Å². The second kappa shape index (κ2) is 8.25. The zero-order valence-electron chi connectivity index (χ0n) is 16.4. The minimum atomic E-state index is -0.387. The maximum Gasteiger partial charge on any atom is 0.293 e. The van der Waals surface area contributed by atoms with Crippen molar-refractivity contribution in [1.29, 1.82) is 0 Å². The van der Waals surface area contributed by atoms with Crippen LogP contribution in [0.3, 0.4) is 0 Å². The van der Waals surface area contributed by atoms with Gasteiger partial charge in [-0.3, -0.25) is 19.8 Å². The smallest absolute Gasteiger partial charge is 0.293 e. The van der Waals surface area contributed by atoms with Gasteiger partial charge in [0, 0.05) is 36.8 Å². The summed E-state index contributed by atoms with van der Waals surface area (Å²) in [6.45, 7) is 8.56. The molecule has 0 bridgehead atoms. The highest BCUT2D eigenvalue weighted by Crippen LogP contribution is 2.31. The van der Waals surface area contributed by atoms with Gasteiger partial charge in [-0.15, -0.1) is 0 Å². The van der Waals surface area contributed by atoms with Gasteiger partial charge in [0.1, 0.15) is 5.69 Å². The molecule has 1 amide bonds. The Morgan fingerprint density at radius 2 is 1.74 bits per heavy atom. The minimum Gasteiger partial charge on any atom is -0.366 e. The number of likely N-dealkylation sites (tertiary alicyclic amines) is 1. The number of amides is 1. The Balaban J connectivity index is 1.69. The number of rotatable bonds is 6. The number of anilines is 1. The number of nitrogens with one attached hydrogen (secondary N) is 1. The lowest BCUT2D eigenvalue weighted by Crippen LogP contribution is -2.53. The number of nitro groups is 1. The summed E-state index contributed by atoms with van der Waals surface area (Å²) in [6, 6.07) is 4.83. The Bertz CT molecular complexity index is 692. The summed E-state index contributed by atoms with van der Waals surface area (Å²) in [5.41, 5.74) is 0.846. The van der Waals surface area contributed by atoms with Crippen LogP contribution >= 0.6 is 0 Å². The molecule has 2 fully saturated rings. The highest BCUT2D eigenvalue weighted by atomic mass is 16.6. The topological polar surface area (TPSA) is 78.7 Å². The highest BCUT2D eigenvalue weighted by molar-refractivity contribution is 5.95. The molecule has 2 aliphatic rings. The van der Waals surface area contributed by atoms with Crippen molar-refractivity contribution in [3.8, 4) is 0 Å². The van der Waals surface area contributed by atoms with E-state index in [1.807, 2.05) is 4.90 Å². The van der Waals surface area contributed by atoms with Crippen LogP contribution in [-0.2, 0) is 0 Å². The Morgan fingerprint density at radius 3 is 2.37 bits per heavy atom. The maximum atomic E-state index is 12.6. The van der Waals surface area contributed by atoms with E-state index in [0.717, 1.165) is 39.0 Å². The number of hydrogen-bond acceptors (Lipinski definition) is 5. The van der Waals surface area contributed by atoms with Crippen LogP contribution in [0.2, 0.25) is 0 Å². The van der Waals surface area contributed by atoms with Crippen LogP contribution in [0.5, 0.6) is 0 Å². The molecule has 0 aromatic heterocycles. The lowest BCUT2D eigenvalue weighted by atomic mass is 9.98. The summed E-state index contributed by atoms with van der Waals surface area (Å²) < 4.78 is 0. The summed E-state index contributed by atoms with van der Waals surface area (Å²) in [5, 5.41) is 14.5. The summed E-state index contributed by atoms with van der Waals surface area (Å²) in [5.74, 6) is -0.254. The first kappa shape index (κ1) is 19.6. The second-order valence-electron chi connectivity index (χ2n) is 8.20. The molecular weight excluding hydrogens is 344 g/mol. The lowest BCUT2D eigenvalue weighted by molar-refractivity contribution is -0.384. The van der Waals surface area contributed by atoms with Crippen molar-refractivity contribution in [1.82, 2.24) is 10.2 Å². The fourth-order valence-electron chi connectivity index (χ4n) is 4.05. The Morgan fingerprint density at radius 1 is 1.11 bits per heavy atom. The molecular formula is C20H30N4O3. The fraction of sp³-hybridized carbons (Fsp3) is 0.650. The van der Waals surface area contributed by atoms with Crippen LogP contribution < -0.4 is 10.2 Å². The van der Waals surface area contributed by atoms with E-state index >= 15 is 0 Å². The van der Waals surface area contributed by atoms with Crippen molar-refractivity contribution in [3.05, 3.63) is 33.9 Å². The summed E-state index contributed by atoms with van der Waals surface area (Å²) in [6.07, 6.45) is 5.75. The van der Waals surface area contributed by atoms with Crippen LogP contribution in [0.15, 0.2) is 18.2 Å². The molecule has 27 heavy (non-hydrogen) atoms. The summed E-state index contributed by atoms with van der Waals surface area (Å²) >= 11 is 0. The van der Waals surface area contributed by atoms with Crippen LogP contribution in [-0.4, -0.2) is 54.0 Å². The van der Waals surface area contributed by atoms with E-state index in [1.54, 1.807) is 12.1 Å². The molecule has 0 radical (unpaired) electrons. The molecule has 2 aliphatic heterocycles. The molecule has 1 N–H and O–H groups in total. The second-order valence-corrected chi connectivity index (χ2v) is 8.20. The molecule has 0 aliphatic carbocycles. The third kappa shape index (κ3) is 4.58. The van der Waals surface area contributed by atoms with E-state index in [0.29, 0.717) is 17.8 Å². The van der Waals surface area contributed by atoms with Crippen LogP contribution in [0.25, 0.3) is 0 Å². The Hall–Kier alpha value is -2.15. The zero-order chi connectivity index (χ0) is 19.4. The number of nitro benzene ring substituents is 1. The molecule has 2 heterocycles. The average molecular weight is 374 g/mol. The summed E-state index contributed by atoms with van der Waals surface area (Å²) in [4.78, 5) is 28.2. The van der Waals surface area contributed by atoms with E-state index in [9.17, 15) is 14.9 Å². The molecule has 148 valence electrons. The predicted molar refractivity (Wildman–Crippen MR) is 106 cm³/mol. The number of benzene rings is 1. The predicted octanol–water partition coefficient (Wildman–Crippen LogP) is 3.19. The molecule has 1 aromatic rings. The van der Waals surface area contributed by atoms with Crippen molar-refractivity contribution < 1.29 is 9.72 Å². The van der Waals surface area contributed by atoms with Crippen LogP contribution in [0, 0.1) is 10.1 Å². The van der Waals surface area contributed by atoms with Gasteiger partial charge < -0.3 is 10.2 Å². The van der Waals surface area contributed by atoms with Gasteiger partial charge in [-0.05, 0) is 64.8 Å². The van der Waals surface area contributed by atoms with E-state index in [4.69, 9.17) is 0 Å². The van der Waals surface area contributed by atoms with Crippen molar-refractivity contribution in [2.24, 2.45) is 0 Å². The number of hydrogen-bond donors (Lipinski definition) is 1. The van der Waals surface area contributed by atoms with Gasteiger partial charge in [-0.25, -0.2) is 0 Å². The normalized spacial score (nSPS) is 18.5. The molecule has 7 heteroatoms. The van der Waals surface area contributed by atoms with E-state index < -0.39 is 0 Å². The van der Waals surface area contributed by atoms with Gasteiger partial charge >= 0.3 is 0 Å². The molecule has 0 spiro atoms. The third-order valence-corrected chi connectivity index (χ3v) is 5.77. The van der Waals surface area contributed by atoms with Gasteiger partial charge in [-0.2, -0.15) is 0 Å². The monoisotopic (exact) mass is 374 g/mol. The third-order valence-electron chi connectivity index (χ3n) is 5.77. The van der Waals surface area contributed by atoms with Gasteiger partial charge in [-0.1, -0.05) is 6.42 Å². The van der Waals surface area contributed by atoms with Crippen LogP contribution in [0.1, 0.15) is 56.3 Å². The average Bonchev–Trinajstić information content (AvgIpc) is 3.21. The Kier molecular flexibility index (Phi) is 5.99.